The molecule has 1 aromatic carbocycles. The Morgan fingerprint density at radius 3 is 2.75 bits per heavy atom. The molecule has 1 aromatic heterocycles. The van der Waals surface area contributed by atoms with Gasteiger partial charge in [0, 0.05) is 22.5 Å². The molecule has 1 aliphatic carbocycles. The van der Waals surface area contributed by atoms with E-state index in [0.717, 1.165) is 34.6 Å². The molecule has 1 unspecified atom stereocenters. The molecule has 1 spiro atoms. The van der Waals surface area contributed by atoms with Gasteiger partial charge in [0.1, 0.15) is 11.3 Å². The third-order valence-electron chi connectivity index (χ3n) is 6.14. The van der Waals surface area contributed by atoms with Gasteiger partial charge in [-0.05, 0) is 75.9 Å². The zero-order valence-electron chi connectivity index (χ0n) is 13.9. The quantitative estimate of drug-likeness (QED) is 0.905. The lowest BCUT2D eigenvalue weighted by Crippen LogP contribution is -2.54. The van der Waals surface area contributed by atoms with Gasteiger partial charge in [0.15, 0.2) is 0 Å². The standard InChI is InChI=1S/C19H22N2O2.ClH/c1-12-8-15-9-14(2-3-16(15)23-12)18(22)20-17-11-19(17)10-13-4-6-21(19)7-5-13;/h2-3,8-9,13,17H,4-7,10-11H2,1H3,(H,20,22);1H/t17?,19-;/m1./s1. The Labute approximate surface area is 148 Å². The molecule has 1 amide bonds. The summed E-state index contributed by atoms with van der Waals surface area (Å²) in [7, 11) is 0. The monoisotopic (exact) mass is 346 g/mol. The molecule has 1 saturated carbocycles. The minimum atomic E-state index is 0. The highest BCUT2D eigenvalue weighted by Crippen LogP contribution is 2.53. The van der Waals surface area contributed by atoms with E-state index >= 15 is 0 Å². The topological polar surface area (TPSA) is 45.5 Å². The van der Waals surface area contributed by atoms with Gasteiger partial charge in [0.25, 0.3) is 5.91 Å². The summed E-state index contributed by atoms with van der Waals surface area (Å²) >= 11 is 0. The number of nitrogens with zero attached hydrogens (tertiary/aromatic N) is 1. The maximum Gasteiger partial charge on any atom is 0.251 e. The van der Waals surface area contributed by atoms with Crippen molar-refractivity contribution in [3.63, 3.8) is 0 Å². The van der Waals surface area contributed by atoms with E-state index in [1.807, 2.05) is 31.2 Å². The number of halogens is 1. The highest BCUT2D eigenvalue weighted by molar-refractivity contribution is 5.98. The molecule has 4 fully saturated rings. The molecule has 3 saturated heterocycles. The molecule has 2 bridgehead atoms. The van der Waals surface area contributed by atoms with Gasteiger partial charge in [-0.2, -0.15) is 0 Å². The van der Waals surface area contributed by atoms with E-state index in [0.29, 0.717) is 6.04 Å². The van der Waals surface area contributed by atoms with E-state index in [2.05, 4.69) is 10.2 Å². The smallest absolute Gasteiger partial charge is 0.251 e. The SMILES string of the molecule is Cc1cc2cc(C(=O)NC3C[C@]34CC3CCN4CC3)ccc2o1.Cl. The van der Waals surface area contributed by atoms with Crippen LogP contribution in [0.5, 0.6) is 0 Å². The van der Waals surface area contributed by atoms with Crippen LogP contribution < -0.4 is 5.32 Å². The normalized spacial score (nSPS) is 33.5. The van der Waals surface area contributed by atoms with Crippen LogP contribution in [0, 0.1) is 12.8 Å². The number of carbonyl (C=O) groups is 1. The predicted octanol–water partition coefficient (Wildman–Crippen LogP) is 3.52. The fraction of sp³-hybridized carbons (Fsp3) is 0.526. The number of nitrogens with one attached hydrogen (secondary N) is 1. The summed E-state index contributed by atoms with van der Waals surface area (Å²) in [6, 6.07) is 8.01. The van der Waals surface area contributed by atoms with Crippen molar-refractivity contribution in [2.75, 3.05) is 13.1 Å². The number of amides is 1. The summed E-state index contributed by atoms with van der Waals surface area (Å²) in [6.07, 6.45) is 5.10. The highest BCUT2D eigenvalue weighted by atomic mass is 35.5. The van der Waals surface area contributed by atoms with Crippen molar-refractivity contribution in [3.05, 3.63) is 35.6 Å². The van der Waals surface area contributed by atoms with Gasteiger partial charge < -0.3 is 9.73 Å². The number of piperidine rings is 3. The van der Waals surface area contributed by atoms with Crippen molar-refractivity contribution < 1.29 is 9.21 Å². The fourth-order valence-electron chi connectivity index (χ4n) is 4.83. The molecule has 2 atom stereocenters. The Bertz CT molecular complexity index is 794. The predicted molar refractivity (Wildman–Crippen MR) is 95.7 cm³/mol. The molecule has 4 nitrogen and oxygen atoms in total. The number of hydrogen-bond acceptors (Lipinski definition) is 3. The Hall–Kier alpha value is -1.52. The highest BCUT2D eigenvalue weighted by Gasteiger charge is 2.62. The third kappa shape index (κ3) is 2.35. The summed E-state index contributed by atoms with van der Waals surface area (Å²) in [4.78, 5) is 15.2. The van der Waals surface area contributed by atoms with Crippen molar-refractivity contribution in [1.29, 1.82) is 0 Å². The molecule has 2 aromatic rings. The van der Waals surface area contributed by atoms with E-state index in [1.54, 1.807) is 0 Å². The first-order valence-corrected chi connectivity index (χ1v) is 8.70. The minimum absolute atomic E-state index is 0. The summed E-state index contributed by atoms with van der Waals surface area (Å²) in [6.45, 7) is 4.37. The lowest BCUT2D eigenvalue weighted by Gasteiger charge is -2.46. The first-order valence-electron chi connectivity index (χ1n) is 8.70. The second-order valence-electron chi connectivity index (χ2n) is 7.58. The average Bonchev–Trinajstić information content (AvgIpc) is 3.04. The molecular weight excluding hydrogens is 324 g/mol. The third-order valence-corrected chi connectivity index (χ3v) is 6.14. The van der Waals surface area contributed by atoms with Crippen LogP contribution in [0.15, 0.2) is 28.7 Å². The number of carbonyl (C=O) groups excluding carboxylic acids is 1. The van der Waals surface area contributed by atoms with Gasteiger partial charge >= 0.3 is 0 Å². The van der Waals surface area contributed by atoms with Crippen LogP contribution in [-0.4, -0.2) is 35.5 Å². The van der Waals surface area contributed by atoms with Gasteiger partial charge in [-0.1, -0.05) is 0 Å². The Morgan fingerprint density at radius 2 is 2.04 bits per heavy atom. The second kappa shape index (κ2) is 5.50. The van der Waals surface area contributed by atoms with Crippen LogP contribution in [0.1, 0.15) is 41.8 Å². The minimum Gasteiger partial charge on any atom is -0.461 e. The first-order chi connectivity index (χ1) is 11.1. The number of benzene rings is 1. The zero-order chi connectivity index (χ0) is 15.6. The van der Waals surface area contributed by atoms with Crippen molar-refractivity contribution >= 4 is 29.3 Å². The van der Waals surface area contributed by atoms with E-state index in [9.17, 15) is 4.79 Å². The molecule has 3 aliphatic heterocycles. The maximum absolute atomic E-state index is 12.6. The van der Waals surface area contributed by atoms with E-state index in [1.165, 1.54) is 32.4 Å². The zero-order valence-corrected chi connectivity index (χ0v) is 14.7. The average molecular weight is 347 g/mol. The lowest BCUT2D eigenvalue weighted by atomic mass is 9.81. The molecule has 0 radical (unpaired) electrons. The van der Waals surface area contributed by atoms with Crippen molar-refractivity contribution in [2.45, 2.75) is 44.2 Å². The Morgan fingerprint density at radius 1 is 1.25 bits per heavy atom. The molecule has 128 valence electrons. The maximum atomic E-state index is 12.6. The summed E-state index contributed by atoms with van der Waals surface area (Å²) < 4.78 is 5.58. The van der Waals surface area contributed by atoms with Crippen LogP contribution in [0.2, 0.25) is 0 Å². The van der Waals surface area contributed by atoms with Gasteiger partial charge in [0.2, 0.25) is 0 Å². The number of aryl methyl sites for hydroxylation is 1. The van der Waals surface area contributed by atoms with Crippen LogP contribution in [0.4, 0.5) is 0 Å². The number of rotatable bonds is 2. The van der Waals surface area contributed by atoms with Crippen molar-refractivity contribution in [2.24, 2.45) is 5.92 Å². The Balaban J connectivity index is 0.00000146. The number of fused-ring (bicyclic) bond motifs is 3. The van der Waals surface area contributed by atoms with E-state index in [-0.39, 0.29) is 23.9 Å². The van der Waals surface area contributed by atoms with Crippen LogP contribution in [0.25, 0.3) is 11.0 Å². The Kier molecular flexibility index (Phi) is 3.66. The van der Waals surface area contributed by atoms with Crippen LogP contribution in [0.3, 0.4) is 0 Å². The molecule has 24 heavy (non-hydrogen) atoms. The van der Waals surface area contributed by atoms with Gasteiger partial charge in [-0.15, -0.1) is 12.4 Å². The number of hydrogen-bond donors (Lipinski definition) is 1. The lowest BCUT2D eigenvalue weighted by molar-refractivity contribution is 0.0277. The van der Waals surface area contributed by atoms with Crippen LogP contribution in [-0.2, 0) is 0 Å². The van der Waals surface area contributed by atoms with Gasteiger partial charge in [-0.3, -0.25) is 9.69 Å². The summed E-state index contributed by atoms with van der Waals surface area (Å²) in [5, 5.41) is 4.28. The molecule has 1 N–H and O–H groups in total. The number of furan rings is 1. The summed E-state index contributed by atoms with van der Waals surface area (Å²) in [5.74, 6) is 1.81. The van der Waals surface area contributed by atoms with E-state index in [4.69, 9.17) is 4.42 Å². The first kappa shape index (κ1) is 16.0. The second-order valence-corrected chi connectivity index (χ2v) is 7.58. The molecule has 4 aliphatic rings. The molecule has 5 heteroatoms. The van der Waals surface area contributed by atoms with Gasteiger partial charge in [0.05, 0.1) is 0 Å². The van der Waals surface area contributed by atoms with Gasteiger partial charge in [-0.25, -0.2) is 0 Å². The summed E-state index contributed by atoms with van der Waals surface area (Å²) in [5.41, 5.74) is 1.86. The van der Waals surface area contributed by atoms with Crippen LogP contribution >= 0.6 is 12.4 Å². The van der Waals surface area contributed by atoms with E-state index < -0.39 is 0 Å². The molecule has 6 rings (SSSR count). The molecule has 4 heterocycles. The largest absolute Gasteiger partial charge is 0.461 e. The fourth-order valence-corrected chi connectivity index (χ4v) is 4.83. The molecular formula is C19H23ClN2O2. The van der Waals surface area contributed by atoms with Crippen molar-refractivity contribution in [3.8, 4) is 0 Å². The van der Waals surface area contributed by atoms with Crippen molar-refractivity contribution in [1.82, 2.24) is 10.2 Å².